The monoisotopic (exact) mass is 321 g/mol. The van der Waals surface area contributed by atoms with Crippen LogP contribution in [0, 0.1) is 16.7 Å². The maximum absolute atomic E-state index is 8.94. The number of para-hydroxylation sites is 1. The van der Waals surface area contributed by atoms with Crippen molar-refractivity contribution in [1.82, 2.24) is 0 Å². The number of nitrogens with zero attached hydrogens (tertiary/aromatic N) is 1. The molecule has 1 aromatic rings. The van der Waals surface area contributed by atoms with Gasteiger partial charge in [-0.05, 0) is 24.4 Å². The average Bonchev–Trinajstić information content (AvgIpc) is 2.44. The zero-order valence-electron chi connectivity index (χ0n) is 13.1. The predicted octanol–water partition coefficient (Wildman–Crippen LogP) is 4.02. The first-order valence-electron chi connectivity index (χ1n) is 6.86. The number of rotatable bonds is 8. The lowest BCUT2D eigenvalue weighted by atomic mass is 10.1. The molecule has 0 amide bonds. The van der Waals surface area contributed by atoms with Gasteiger partial charge in [0.1, 0.15) is 18.5 Å². The third-order valence-electron chi connectivity index (χ3n) is 2.97. The summed E-state index contributed by atoms with van der Waals surface area (Å²) in [7, 11) is -1.07. The number of benzene rings is 1. The Morgan fingerprint density at radius 1 is 1.43 bits per heavy atom. The molecule has 0 bridgehead atoms. The summed E-state index contributed by atoms with van der Waals surface area (Å²) in [6.45, 7) is 8.10. The van der Waals surface area contributed by atoms with E-state index in [-0.39, 0.29) is 5.71 Å². The summed E-state index contributed by atoms with van der Waals surface area (Å²) in [5.41, 5.74) is 1.40. The van der Waals surface area contributed by atoms with Crippen molar-refractivity contribution in [1.29, 1.82) is 10.7 Å². The molecule has 1 rings (SSSR count). The highest BCUT2D eigenvalue weighted by Gasteiger charge is 2.13. The van der Waals surface area contributed by atoms with Crippen molar-refractivity contribution in [3.8, 4) is 6.07 Å². The van der Waals surface area contributed by atoms with Crippen LogP contribution in [0.1, 0.15) is 5.56 Å². The van der Waals surface area contributed by atoms with Gasteiger partial charge in [-0.15, -0.1) is 11.8 Å². The summed E-state index contributed by atoms with van der Waals surface area (Å²) in [5, 5.41) is 19.9. The molecule has 4 nitrogen and oxygen atoms in total. The van der Waals surface area contributed by atoms with Crippen LogP contribution in [-0.4, -0.2) is 33.4 Å². The molecule has 21 heavy (non-hydrogen) atoms. The Hall–Kier alpha value is -1.29. The third kappa shape index (κ3) is 5.92. The first kappa shape index (κ1) is 17.8. The van der Waals surface area contributed by atoms with Crippen LogP contribution in [0.15, 0.2) is 23.1 Å². The third-order valence-corrected chi connectivity index (χ3v) is 5.46. The van der Waals surface area contributed by atoms with Gasteiger partial charge in [0, 0.05) is 25.1 Å². The Bertz CT molecular complexity index is 535. The number of nitriles is 1. The molecule has 0 unspecified atom stereocenters. The molecule has 0 saturated heterocycles. The van der Waals surface area contributed by atoms with Crippen molar-refractivity contribution < 1.29 is 4.74 Å². The number of thioether (sulfide) groups is 1. The molecule has 2 N–H and O–H groups in total. The zero-order valence-corrected chi connectivity index (χ0v) is 14.9. The van der Waals surface area contributed by atoms with Crippen molar-refractivity contribution in [2.24, 2.45) is 0 Å². The maximum Gasteiger partial charge on any atom is 0.141 e. The molecule has 114 valence electrons. The number of anilines is 1. The van der Waals surface area contributed by atoms with Crippen LogP contribution in [0.5, 0.6) is 0 Å². The first-order chi connectivity index (χ1) is 9.89. The van der Waals surface area contributed by atoms with E-state index in [1.54, 1.807) is 17.8 Å². The Balaban J connectivity index is 2.69. The van der Waals surface area contributed by atoms with Gasteiger partial charge in [0.25, 0.3) is 0 Å². The van der Waals surface area contributed by atoms with E-state index >= 15 is 0 Å². The van der Waals surface area contributed by atoms with Crippen LogP contribution in [0.4, 0.5) is 5.69 Å². The maximum atomic E-state index is 8.94. The van der Waals surface area contributed by atoms with Crippen LogP contribution in [0.3, 0.4) is 0 Å². The van der Waals surface area contributed by atoms with E-state index in [2.05, 4.69) is 25.0 Å². The van der Waals surface area contributed by atoms with Gasteiger partial charge in [0.15, 0.2) is 0 Å². The summed E-state index contributed by atoms with van der Waals surface area (Å²) in [4.78, 5) is 1.02. The van der Waals surface area contributed by atoms with E-state index in [9.17, 15) is 0 Å². The minimum Gasteiger partial charge on any atom is -0.362 e. The highest BCUT2D eigenvalue weighted by Crippen LogP contribution is 2.29. The summed E-state index contributed by atoms with van der Waals surface area (Å²) in [6, 6.07) is 8.65. The minimum absolute atomic E-state index is 0.0319. The number of hydrogen-bond donors (Lipinski definition) is 2. The molecule has 0 aliphatic carbocycles. The van der Waals surface area contributed by atoms with Crippen LogP contribution in [0.25, 0.3) is 0 Å². The Kier molecular flexibility index (Phi) is 6.95. The number of nitrogens with one attached hydrogen (secondary N) is 2. The highest BCUT2D eigenvalue weighted by molar-refractivity contribution is 7.98. The Labute approximate surface area is 132 Å². The van der Waals surface area contributed by atoms with Crippen molar-refractivity contribution in [2.45, 2.75) is 30.6 Å². The molecule has 0 aliphatic rings. The number of ether oxygens (including phenoxy) is 1. The fraction of sp³-hybridized carbons (Fsp3) is 0.467. The second-order valence-electron chi connectivity index (χ2n) is 5.91. The van der Waals surface area contributed by atoms with Gasteiger partial charge in [0.05, 0.1) is 5.69 Å². The molecule has 0 radical (unpaired) electrons. The van der Waals surface area contributed by atoms with E-state index in [1.807, 2.05) is 24.5 Å². The second-order valence-corrected chi connectivity index (χ2v) is 12.4. The molecule has 0 atom stereocenters. The van der Waals surface area contributed by atoms with E-state index in [1.165, 1.54) is 0 Å². The molecule has 1 aromatic carbocycles. The van der Waals surface area contributed by atoms with Crippen molar-refractivity contribution >= 4 is 31.2 Å². The van der Waals surface area contributed by atoms with Crippen molar-refractivity contribution in [3.05, 3.63) is 23.8 Å². The van der Waals surface area contributed by atoms with Gasteiger partial charge >= 0.3 is 0 Å². The highest BCUT2D eigenvalue weighted by atomic mass is 32.2. The predicted molar refractivity (Wildman–Crippen MR) is 93.3 cm³/mol. The second kappa shape index (κ2) is 8.22. The fourth-order valence-corrected chi connectivity index (χ4v) is 3.08. The van der Waals surface area contributed by atoms with Gasteiger partial charge in [-0.25, -0.2) is 0 Å². The normalized spacial score (nSPS) is 11.0. The molecular formula is C15H23N3OSSi. The van der Waals surface area contributed by atoms with Gasteiger partial charge in [-0.2, -0.15) is 5.26 Å². The molecule has 6 heteroatoms. The van der Waals surface area contributed by atoms with Crippen LogP contribution in [0.2, 0.25) is 25.7 Å². The Morgan fingerprint density at radius 2 is 2.14 bits per heavy atom. The molecule has 0 heterocycles. The fourth-order valence-electron chi connectivity index (χ4n) is 1.73. The lowest BCUT2D eigenvalue weighted by Crippen LogP contribution is -2.22. The minimum atomic E-state index is -1.07. The van der Waals surface area contributed by atoms with E-state index in [4.69, 9.17) is 15.4 Å². The van der Waals surface area contributed by atoms with Crippen LogP contribution >= 0.6 is 11.8 Å². The van der Waals surface area contributed by atoms with E-state index in [0.717, 1.165) is 23.2 Å². The van der Waals surface area contributed by atoms with Gasteiger partial charge in [0.2, 0.25) is 0 Å². The molecule has 0 saturated carbocycles. The molecular weight excluding hydrogens is 298 g/mol. The standard InChI is InChI=1S/C15H23N3OSSi/c1-20-14-7-5-6-12(13(17)10-16)15(14)18-11-19-8-9-21(2,3)4/h5-7,17-18H,8-9,11H2,1-4H3. The quantitative estimate of drug-likeness (QED) is 0.249. The summed E-state index contributed by atoms with van der Waals surface area (Å²) < 4.78 is 5.64. The molecule has 0 spiro atoms. The summed E-state index contributed by atoms with van der Waals surface area (Å²) >= 11 is 1.59. The lowest BCUT2D eigenvalue weighted by Gasteiger charge is -2.17. The van der Waals surface area contributed by atoms with Crippen LogP contribution in [-0.2, 0) is 4.74 Å². The van der Waals surface area contributed by atoms with Gasteiger partial charge < -0.3 is 10.1 Å². The Morgan fingerprint density at radius 3 is 2.71 bits per heavy atom. The van der Waals surface area contributed by atoms with E-state index in [0.29, 0.717) is 12.3 Å². The van der Waals surface area contributed by atoms with Gasteiger partial charge in [-0.1, -0.05) is 25.7 Å². The smallest absolute Gasteiger partial charge is 0.141 e. The lowest BCUT2D eigenvalue weighted by molar-refractivity contribution is 0.165. The molecule has 0 aromatic heterocycles. The number of hydrogen-bond acceptors (Lipinski definition) is 5. The summed E-state index contributed by atoms with van der Waals surface area (Å²) in [5.74, 6) is 0. The van der Waals surface area contributed by atoms with Crippen molar-refractivity contribution in [2.75, 3.05) is 24.9 Å². The average molecular weight is 322 g/mol. The first-order valence-corrected chi connectivity index (χ1v) is 11.8. The molecule has 0 aliphatic heterocycles. The topological polar surface area (TPSA) is 68.9 Å². The SMILES string of the molecule is CSc1cccc(C(=N)C#N)c1NCOCC[Si](C)(C)C. The van der Waals surface area contributed by atoms with E-state index < -0.39 is 8.07 Å². The molecule has 0 fully saturated rings. The van der Waals surface area contributed by atoms with Gasteiger partial charge in [-0.3, -0.25) is 5.41 Å². The largest absolute Gasteiger partial charge is 0.362 e. The van der Waals surface area contributed by atoms with Crippen LogP contribution < -0.4 is 5.32 Å². The zero-order chi connectivity index (χ0) is 15.9. The summed E-state index contributed by atoms with van der Waals surface area (Å²) in [6.07, 6.45) is 1.98. The van der Waals surface area contributed by atoms with Crippen molar-refractivity contribution in [3.63, 3.8) is 0 Å².